The fourth-order valence-corrected chi connectivity index (χ4v) is 6.68. The average molecular weight is 674 g/mol. The van der Waals surface area contributed by atoms with Gasteiger partial charge in [-0.3, -0.25) is 13.9 Å². The first-order valence-electron chi connectivity index (χ1n) is 12.6. The van der Waals surface area contributed by atoms with Crippen molar-refractivity contribution in [3.05, 3.63) is 12.7 Å². The molecule has 0 aromatic carbocycles. The minimum atomic E-state index is -4.27. The highest BCUT2D eigenvalue weighted by Crippen LogP contribution is 2.32. The van der Waals surface area contributed by atoms with E-state index in [1.54, 1.807) is 0 Å². The summed E-state index contributed by atoms with van der Waals surface area (Å²) < 4.78 is 65.7. The van der Waals surface area contributed by atoms with Crippen molar-refractivity contribution in [2.45, 2.75) is 49.8 Å². The van der Waals surface area contributed by atoms with Gasteiger partial charge in [0.05, 0.1) is 35.0 Å². The van der Waals surface area contributed by atoms with E-state index in [0.717, 1.165) is 0 Å². The third-order valence-corrected chi connectivity index (χ3v) is 9.49. The molecule has 3 heterocycles. The number of aliphatic hydroxyl groups excluding tert-OH is 2. The number of aromatic nitrogens is 4. The highest BCUT2D eigenvalue weighted by molar-refractivity contribution is 7.96. The highest BCUT2D eigenvalue weighted by Gasteiger charge is 2.46. The zero-order valence-electron chi connectivity index (χ0n) is 22.9. The number of hydrogen-bond acceptors (Lipinski definition) is 15. The van der Waals surface area contributed by atoms with Gasteiger partial charge in [-0.2, -0.15) is 8.42 Å². The summed E-state index contributed by atoms with van der Waals surface area (Å²) >= 11 is 0. The Bertz CT molecular complexity index is 1420. The number of ether oxygens (including phenoxy) is 1. The summed E-state index contributed by atoms with van der Waals surface area (Å²) in [7, 11) is -8.66. The van der Waals surface area contributed by atoms with E-state index in [0.29, 0.717) is 22.7 Å². The summed E-state index contributed by atoms with van der Waals surface area (Å²) in [5, 5.41) is 32.6. The molecule has 22 heteroatoms. The molecule has 244 valence electrons. The topological polar surface area (TPSA) is 323 Å². The van der Waals surface area contributed by atoms with Crippen LogP contribution in [0.2, 0.25) is 0 Å². The number of carboxylic acids is 1. The van der Waals surface area contributed by atoms with Crippen LogP contribution in [0.1, 0.15) is 25.5 Å². The van der Waals surface area contributed by atoms with E-state index in [1.165, 1.54) is 17.2 Å². The Hall–Kier alpha value is -2.70. The molecule has 1 aliphatic rings. The lowest BCUT2D eigenvalue weighted by Gasteiger charge is -2.16. The molecule has 1 unspecified atom stereocenters. The molecule has 0 radical (unpaired) electrons. The summed E-state index contributed by atoms with van der Waals surface area (Å²) in [6.07, 6.45) is 0.775. The molecule has 0 aliphatic carbocycles. The third-order valence-electron chi connectivity index (χ3n) is 6.07. The van der Waals surface area contributed by atoms with Gasteiger partial charge in [0.15, 0.2) is 17.7 Å². The number of nitrogens with one attached hydrogen (secondary N) is 1. The Kier molecular flexibility index (Phi) is 13.5. The maximum atomic E-state index is 11.4. The predicted molar refractivity (Wildman–Crippen MR) is 152 cm³/mol. The maximum absolute atomic E-state index is 11.4. The van der Waals surface area contributed by atoms with Gasteiger partial charge >= 0.3 is 5.97 Å². The molecule has 1 saturated heterocycles. The van der Waals surface area contributed by atoms with Crippen molar-refractivity contribution < 1.29 is 55.6 Å². The van der Waals surface area contributed by atoms with Crippen molar-refractivity contribution in [3.63, 3.8) is 0 Å². The summed E-state index contributed by atoms with van der Waals surface area (Å²) in [4.78, 5) is 34.9. The van der Waals surface area contributed by atoms with Gasteiger partial charge in [0, 0.05) is 12.2 Å². The minimum absolute atomic E-state index is 0.0275. The van der Waals surface area contributed by atoms with Crippen LogP contribution in [0, 0.1) is 0 Å². The van der Waals surface area contributed by atoms with Gasteiger partial charge in [-0.1, -0.05) is 0 Å². The Balaban J connectivity index is 0.000000455. The number of anilines is 1. The molecule has 6 atom stereocenters. The van der Waals surface area contributed by atoms with Crippen molar-refractivity contribution in [2.75, 3.05) is 41.5 Å². The molecule has 19 nitrogen and oxygen atoms in total. The number of carbonyl (C=O) groups is 2. The van der Waals surface area contributed by atoms with Crippen molar-refractivity contribution in [1.82, 2.24) is 24.8 Å². The Morgan fingerprint density at radius 1 is 1.16 bits per heavy atom. The van der Waals surface area contributed by atoms with Gasteiger partial charge in [-0.15, -0.1) is 0 Å². The van der Waals surface area contributed by atoms with Crippen molar-refractivity contribution in [1.29, 1.82) is 0 Å². The maximum Gasteiger partial charge on any atom is 0.326 e. The lowest BCUT2D eigenvalue weighted by Crippen LogP contribution is -2.44. The Morgan fingerprint density at radius 2 is 1.81 bits per heavy atom. The molecule has 2 aromatic heterocycles. The number of nitrogen functional groups attached to an aromatic ring is 1. The second kappa shape index (κ2) is 15.9. The molecular weight excluding hydrogens is 638 g/mol. The summed E-state index contributed by atoms with van der Waals surface area (Å²) in [6.45, 7) is -0.289. The number of nitrogens with zero attached hydrogens (tertiary/aromatic N) is 4. The Labute approximate surface area is 249 Å². The van der Waals surface area contributed by atoms with Crippen LogP contribution < -0.4 is 16.8 Å². The second-order valence-electron chi connectivity index (χ2n) is 9.49. The first-order valence-corrected chi connectivity index (χ1v) is 17.7. The number of aliphatic hydroxyl groups is 2. The molecule has 0 bridgehead atoms. The van der Waals surface area contributed by atoms with E-state index in [2.05, 4.69) is 20.3 Å². The van der Waals surface area contributed by atoms with Crippen LogP contribution in [-0.2, 0) is 45.5 Å². The molecule has 3 rings (SSSR count). The van der Waals surface area contributed by atoms with Gasteiger partial charge < -0.3 is 41.4 Å². The highest BCUT2D eigenvalue weighted by atomic mass is 32.2. The standard InChI is InChI=1S/C17H25N7O6S.C4H10O6S2/c1-31(3-2-8(17(28)29)23-10(25)4-18)5-9-12(26)13(27)16(30-9)24-7-22-11-14(19)20-6-21-15(11)24;5-11(6,7)3-1-2-4-12(8,9)10/h6-9,12-13,16,26-27H,2-5,18H2,1H3,(H3-,19,20,21,23,25,28,29);1-4H2,(H,5,6,7)(H,8,9,10)/t8-,9+,12+,13+,16+,31?;/m0./s1. The van der Waals surface area contributed by atoms with Crippen LogP contribution in [0.15, 0.2) is 12.7 Å². The largest absolute Gasteiger partial charge is 0.748 e. The van der Waals surface area contributed by atoms with Crippen LogP contribution in [0.3, 0.4) is 0 Å². The number of carbonyl (C=O) groups excluding carboxylic acids is 1. The SMILES string of the molecule is C[S+](CC[C@H](NC(=O)CN)C(=O)O)C[C@H]1O[C@@H](n2cnc3c(N)ncnc32)[C@H](O)[C@@H]1O.O=S(=O)([O-])CCCCS(=O)(=O)O. The number of rotatable bonds is 14. The van der Waals surface area contributed by atoms with Gasteiger partial charge in [0.25, 0.3) is 10.1 Å². The van der Waals surface area contributed by atoms with Gasteiger partial charge in [-0.05, 0) is 23.7 Å². The summed E-state index contributed by atoms with van der Waals surface area (Å²) in [5.74, 6) is -1.72. The lowest BCUT2D eigenvalue weighted by atomic mass is 10.1. The first-order chi connectivity index (χ1) is 19.9. The quantitative estimate of drug-likeness (QED) is 0.0578. The van der Waals surface area contributed by atoms with Crippen molar-refractivity contribution in [3.8, 4) is 0 Å². The smallest absolute Gasteiger partial charge is 0.326 e. The van der Waals surface area contributed by atoms with Crippen LogP contribution >= 0.6 is 0 Å². The van der Waals surface area contributed by atoms with Gasteiger partial charge in [-0.25, -0.2) is 28.2 Å². The lowest BCUT2D eigenvalue weighted by molar-refractivity contribution is -0.141. The number of aliphatic carboxylic acids is 1. The monoisotopic (exact) mass is 673 g/mol. The molecule has 9 N–H and O–H groups in total. The van der Waals surface area contributed by atoms with E-state index in [9.17, 15) is 46.3 Å². The molecule has 0 saturated carbocycles. The number of nitrogens with two attached hydrogens (primary N) is 2. The normalized spacial score (nSPS) is 22.0. The van der Waals surface area contributed by atoms with Crippen LogP contribution in [0.25, 0.3) is 11.2 Å². The van der Waals surface area contributed by atoms with E-state index in [4.69, 9.17) is 20.8 Å². The Morgan fingerprint density at radius 3 is 2.40 bits per heavy atom. The fourth-order valence-electron chi connectivity index (χ4n) is 3.91. The van der Waals surface area contributed by atoms with Crippen LogP contribution in [0.4, 0.5) is 5.82 Å². The number of amides is 1. The third kappa shape index (κ3) is 11.7. The number of fused-ring (bicyclic) bond motifs is 1. The van der Waals surface area contributed by atoms with Gasteiger partial charge in [0.1, 0.15) is 47.7 Å². The molecule has 1 aliphatic heterocycles. The van der Waals surface area contributed by atoms with E-state index < -0.39 is 74.2 Å². The molecular formula is C21H35N7O12S3. The fraction of sp³-hybridized carbons (Fsp3) is 0.667. The number of hydrogen-bond donors (Lipinski definition) is 7. The van der Waals surface area contributed by atoms with E-state index >= 15 is 0 Å². The van der Waals surface area contributed by atoms with Crippen molar-refractivity contribution >= 4 is 60.0 Å². The molecule has 1 fully saturated rings. The minimum Gasteiger partial charge on any atom is -0.748 e. The van der Waals surface area contributed by atoms with Crippen LogP contribution in [0.5, 0.6) is 0 Å². The number of imidazole rings is 1. The molecule has 0 spiro atoms. The summed E-state index contributed by atoms with van der Waals surface area (Å²) in [6, 6.07) is -1.04. The molecule has 1 amide bonds. The molecule has 43 heavy (non-hydrogen) atoms. The van der Waals surface area contributed by atoms with Gasteiger partial charge in [0.2, 0.25) is 5.91 Å². The number of unbranched alkanes of at least 4 members (excludes halogenated alkanes) is 1. The second-order valence-corrected chi connectivity index (χ2v) is 14.9. The van der Waals surface area contributed by atoms with E-state index in [1.807, 2.05) is 6.26 Å². The predicted octanol–water partition coefficient (Wildman–Crippen LogP) is -3.61. The summed E-state index contributed by atoms with van der Waals surface area (Å²) in [5.41, 5.74) is 11.7. The zero-order valence-corrected chi connectivity index (χ0v) is 25.4. The van der Waals surface area contributed by atoms with E-state index in [-0.39, 0.29) is 42.5 Å². The first kappa shape index (κ1) is 36.5. The van der Waals surface area contributed by atoms with Crippen LogP contribution in [-0.4, -0.2) is 133 Å². The number of carboxylic acid groups (broad SMARTS) is 1. The average Bonchev–Trinajstić information content (AvgIpc) is 3.45. The van der Waals surface area contributed by atoms with Crippen molar-refractivity contribution in [2.24, 2.45) is 5.73 Å². The molecule has 2 aromatic rings. The zero-order chi connectivity index (χ0) is 32.5.